The smallest absolute Gasteiger partial charge is 0.293 e. The van der Waals surface area contributed by atoms with Crippen molar-refractivity contribution in [1.82, 2.24) is 4.72 Å². The number of hydrogen-bond acceptors (Lipinski definition) is 7. The van der Waals surface area contributed by atoms with E-state index in [0.29, 0.717) is 5.75 Å². The van der Waals surface area contributed by atoms with Crippen LogP contribution in [0.2, 0.25) is 0 Å². The number of nitrogens with one attached hydrogen (secondary N) is 2. The van der Waals surface area contributed by atoms with Crippen molar-refractivity contribution in [1.29, 1.82) is 5.26 Å². The fourth-order valence-corrected chi connectivity index (χ4v) is 3.15. The van der Waals surface area contributed by atoms with Crippen molar-refractivity contribution in [3.05, 3.63) is 58.1 Å². The van der Waals surface area contributed by atoms with Crippen molar-refractivity contribution in [2.24, 2.45) is 0 Å². The second-order valence-electron chi connectivity index (χ2n) is 5.10. The molecule has 0 saturated carbocycles. The number of anilines is 1. The number of sulfonamides is 1. The Labute approximate surface area is 150 Å². The molecule has 2 aromatic rings. The Morgan fingerprint density at radius 2 is 1.88 bits per heavy atom. The quantitative estimate of drug-likeness (QED) is 0.408. The van der Waals surface area contributed by atoms with Gasteiger partial charge in [0.1, 0.15) is 11.4 Å². The Morgan fingerprint density at radius 1 is 1.19 bits per heavy atom. The first-order chi connectivity index (χ1) is 12.4. The molecule has 0 spiro atoms. The first-order valence-corrected chi connectivity index (χ1v) is 8.92. The molecule has 0 unspecified atom stereocenters. The second kappa shape index (κ2) is 8.28. The average molecular weight is 376 g/mol. The molecule has 26 heavy (non-hydrogen) atoms. The lowest BCUT2D eigenvalue weighted by Gasteiger charge is -2.10. The summed E-state index contributed by atoms with van der Waals surface area (Å²) in [6.45, 7) is 0.146. The van der Waals surface area contributed by atoms with E-state index in [1.54, 1.807) is 0 Å². The van der Waals surface area contributed by atoms with Gasteiger partial charge in [-0.15, -0.1) is 0 Å². The van der Waals surface area contributed by atoms with Crippen LogP contribution in [0.15, 0.2) is 47.4 Å². The summed E-state index contributed by atoms with van der Waals surface area (Å²) in [5, 5.41) is 22.6. The molecule has 0 heterocycles. The zero-order chi connectivity index (χ0) is 19.2. The van der Waals surface area contributed by atoms with Gasteiger partial charge in [0.15, 0.2) is 0 Å². The van der Waals surface area contributed by atoms with Gasteiger partial charge in [-0.3, -0.25) is 10.1 Å². The Morgan fingerprint density at radius 3 is 2.46 bits per heavy atom. The lowest BCUT2D eigenvalue weighted by Crippen LogP contribution is -2.29. The standard InChI is InChI=1S/C16H16N4O5S/c1-25-13-3-5-14(6-4-13)26(23,24)19-9-8-18-15-7-2-12(11-17)10-16(15)20(21)22/h2-7,10,18-19H,8-9H2,1H3. The van der Waals surface area contributed by atoms with Crippen LogP contribution in [-0.4, -0.2) is 33.5 Å². The van der Waals surface area contributed by atoms with Gasteiger partial charge in [-0.05, 0) is 36.4 Å². The second-order valence-corrected chi connectivity index (χ2v) is 6.87. The van der Waals surface area contributed by atoms with Crippen molar-refractivity contribution in [2.45, 2.75) is 4.90 Å². The number of rotatable bonds is 8. The summed E-state index contributed by atoms with van der Waals surface area (Å²) in [6.07, 6.45) is 0. The molecule has 0 radical (unpaired) electrons. The molecule has 0 bridgehead atoms. The van der Waals surface area contributed by atoms with E-state index in [1.165, 1.54) is 43.5 Å². The molecule has 0 fully saturated rings. The van der Waals surface area contributed by atoms with Crippen LogP contribution >= 0.6 is 0 Å². The third-order valence-electron chi connectivity index (χ3n) is 3.43. The van der Waals surface area contributed by atoms with Gasteiger partial charge in [-0.25, -0.2) is 13.1 Å². The summed E-state index contributed by atoms with van der Waals surface area (Å²) in [7, 11) is -2.22. The topological polar surface area (TPSA) is 134 Å². The summed E-state index contributed by atoms with van der Waals surface area (Å²) in [6, 6.07) is 11.7. The van der Waals surface area contributed by atoms with Gasteiger partial charge in [-0.1, -0.05) is 0 Å². The largest absolute Gasteiger partial charge is 0.497 e. The number of nitrogens with zero attached hydrogens (tertiary/aromatic N) is 2. The molecule has 2 rings (SSSR count). The molecular weight excluding hydrogens is 360 g/mol. The highest BCUT2D eigenvalue weighted by Crippen LogP contribution is 2.25. The molecule has 0 amide bonds. The average Bonchev–Trinajstić information content (AvgIpc) is 2.65. The minimum absolute atomic E-state index is 0.0194. The minimum atomic E-state index is -3.70. The van der Waals surface area contributed by atoms with E-state index in [-0.39, 0.29) is 34.9 Å². The maximum atomic E-state index is 12.2. The van der Waals surface area contributed by atoms with Crippen molar-refractivity contribution in [3.8, 4) is 11.8 Å². The number of nitro benzene ring substituents is 1. The highest BCUT2D eigenvalue weighted by Gasteiger charge is 2.16. The number of methoxy groups -OCH3 is 1. The SMILES string of the molecule is COc1ccc(S(=O)(=O)NCCNc2ccc(C#N)cc2[N+](=O)[O-])cc1. The van der Waals surface area contributed by atoms with E-state index in [9.17, 15) is 18.5 Å². The van der Waals surface area contributed by atoms with Crippen LogP contribution < -0.4 is 14.8 Å². The molecule has 136 valence electrons. The van der Waals surface area contributed by atoms with E-state index in [2.05, 4.69) is 10.0 Å². The molecular formula is C16H16N4O5S. The molecule has 0 atom stereocenters. The Bertz CT molecular complexity index is 936. The number of nitriles is 1. The van der Waals surface area contributed by atoms with E-state index in [4.69, 9.17) is 10.00 Å². The van der Waals surface area contributed by atoms with Crippen molar-refractivity contribution in [2.75, 3.05) is 25.5 Å². The summed E-state index contributed by atoms with van der Waals surface area (Å²) in [5.74, 6) is 0.541. The number of nitro groups is 1. The molecule has 9 nitrogen and oxygen atoms in total. The van der Waals surface area contributed by atoms with Crippen LogP contribution in [0.1, 0.15) is 5.56 Å². The number of benzene rings is 2. The summed E-state index contributed by atoms with van der Waals surface area (Å²) in [5.41, 5.74) is 0.127. The van der Waals surface area contributed by atoms with Gasteiger partial charge < -0.3 is 10.1 Å². The van der Waals surface area contributed by atoms with Gasteiger partial charge in [0, 0.05) is 19.2 Å². The molecule has 0 saturated heterocycles. The van der Waals surface area contributed by atoms with Crippen LogP contribution in [0.3, 0.4) is 0 Å². The zero-order valence-corrected chi connectivity index (χ0v) is 14.6. The molecule has 10 heteroatoms. The third kappa shape index (κ3) is 4.69. The maximum absolute atomic E-state index is 12.2. The summed E-state index contributed by atoms with van der Waals surface area (Å²) in [4.78, 5) is 10.5. The van der Waals surface area contributed by atoms with Crippen LogP contribution in [0.5, 0.6) is 5.75 Å². The Kier molecular flexibility index (Phi) is 6.11. The lowest BCUT2D eigenvalue weighted by molar-refractivity contribution is -0.384. The highest BCUT2D eigenvalue weighted by atomic mass is 32.2. The van der Waals surface area contributed by atoms with E-state index < -0.39 is 14.9 Å². The fourth-order valence-electron chi connectivity index (χ4n) is 2.12. The van der Waals surface area contributed by atoms with Gasteiger partial charge in [0.25, 0.3) is 5.69 Å². The summed E-state index contributed by atoms with van der Waals surface area (Å²) < 4.78 is 31.7. The lowest BCUT2D eigenvalue weighted by atomic mass is 10.2. The number of hydrogen-bond donors (Lipinski definition) is 2. The monoisotopic (exact) mass is 376 g/mol. The minimum Gasteiger partial charge on any atom is -0.497 e. The Balaban J connectivity index is 1.98. The zero-order valence-electron chi connectivity index (χ0n) is 13.8. The maximum Gasteiger partial charge on any atom is 0.293 e. The van der Waals surface area contributed by atoms with Crippen molar-refractivity contribution in [3.63, 3.8) is 0 Å². The van der Waals surface area contributed by atoms with Gasteiger partial charge in [0.2, 0.25) is 10.0 Å². The highest BCUT2D eigenvalue weighted by molar-refractivity contribution is 7.89. The molecule has 2 N–H and O–H groups in total. The number of ether oxygens (including phenoxy) is 1. The summed E-state index contributed by atoms with van der Waals surface area (Å²) >= 11 is 0. The Hall–Kier alpha value is -3.16. The van der Waals surface area contributed by atoms with Crippen LogP contribution in [-0.2, 0) is 10.0 Å². The van der Waals surface area contributed by atoms with Crippen LogP contribution in [0.4, 0.5) is 11.4 Å². The van der Waals surface area contributed by atoms with E-state index in [0.717, 1.165) is 6.07 Å². The third-order valence-corrected chi connectivity index (χ3v) is 4.90. The fraction of sp³-hybridized carbons (Fsp3) is 0.188. The first-order valence-electron chi connectivity index (χ1n) is 7.43. The molecule has 2 aromatic carbocycles. The van der Waals surface area contributed by atoms with E-state index in [1.807, 2.05) is 6.07 Å². The molecule has 0 aliphatic carbocycles. The first kappa shape index (κ1) is 19.2. The van der Waals surface area contributed by atoms with Gasteiger partial charge >= 0.3 is 0 Å². The van der Waals surface area contributed by atoms with Crippen LogP contribution in [0.25, 0.3) is 0 Å². The predicted octanol–water partition coefficient (Wildman–Crippen LogP) is 1.87. The van der Waals surface area contributed by atoms with Gasteiger partial charge in [-0.2, -0.15) is 5.26 Å². The van der Waals surface area contributed by atoms with E-state index >= 15 is 0 Å². The predicted molar refractivity (Wildman–Crippen MR) is 94.5 cm³/mol. The van der Waals surface area contributed by atoms with Crippen molar-refractivity contribution >= 4 is 21.4 Å². The van der Waals surface area contributed by atoms with Crippen molar-refractivity contribution < 1.29 is 18.1 Å². The van der Waals surface area contributed by atoms with Crippen LogP contribution in [0, 0.1) is 21.4 Å². The van der Waals surface area contributed by atoms with Gasteiger partial charge in [0.05, 0.1) is 28.6 Å². The normalized spacial score (nSPS) is 10.8. The molecule has 0 aliphatic rings. The molecule has 0 aromatic heterocycles. The molecule has 0 aliphatic heterocycles.